The Hall–Kier alpha value is -1.29. The molecule has 0 spiro atoms. The molecule has 4 heteroatoms. The summed E-state index contributed by atoms with van der Waals surface area (Å²) in [6.45, 7) is 1.40. The number of carbonyl (C=O) groups is 1. The summed E-state index contributed by atoms with van der Waals surface area (Å²) in [6, 6.07) is 2.79. The summed E-state index contributed by atoms with van der Waals surface area (Å²) >= 11 is 0. The number of carbonyl (C=O) groups excluding carboxylic acids is 1. The Kier molecular flexibility index (Phi) is 3.91. The molecule has 0 bridgehead atoms. The van der Waals surface area contributed by atoms with E-state index in [0.717, 1.165) is 12.1 Å². The van der Waals surface area contributed by atoms with Crippen LogP contribution in [0.3, 0.4) is 0 Å². The van der Waals surface area contributed by atoms with Gasteiger partial charge in [0.1, 0.15) is 11.6 Å². The van der Waals surface area contributed by atoms with Crippen molar-refractivity contribution in [2.45, 2.75) is 13.3 Å². The lowest BCUT2D eigenvalue weighted by Crippen LogP contribution is -2.19. The second kappa shape index (κ2) is 4.98. The van der Waals surface area contributed by atoms with Crippen LogP contribution >= 0.6 is 0 Å². The van der Waals surface area contributed by atoms with Gasteiger partial charge >= 0.3 is 0 Å². The van der Waals surface area contributed by atoms with Gasteiger partial charge in [-0.2, -0.15) is 0 Å². The second-order valence-corrected chi connectivity index (χ2v) is 3.28. The minimum atomic E-state index is -0.882. The summed E-state index contributed by atoms with van der Waals surface area (Å²) < 4.78 is 25.8. The molecule has 82 valence electrons. The van der Waals surface area contributed by atoms with Gasteiger partial charge < -0.3 is 5.11 Å². The third-order valence-electron chi connectivity index (χ3n) is 2.28. The maximum Gasteiger partial charge on any atom is 0.171 e. The zero-order valence-corrected chi connectivity index (χ0v) is 8.34. The highest BCUT2D eigenvalue weighted by molar-refractivity contribution is 5.98. The number of hydrogen-bond acceptors (Lipinski definition) is 2. The standard InChI is InChI=1S/C11H12F2O2/c1-2-7(6-14)11(15)9-4-3-8(12)5-10(9)13/h3-5,7,14H,2,6H2,1H3. The van der Waals surface area contributed by atoms with Crippen molar-refractivity contribution in [3.8, 4) is 0 Å². The molecule has 0 aromatic heterocycles. The van der Waals surface area contributed by atoms with Gasteiger partial charge in [-0.05, 0) is 18.6 Å². The molecule has 0 amide bonds. The van der Waals surface area contributed by atoms with Gasteiger partial charge in [-0.25, -0.2) is 8.78 Å². The second-order valence-electron chi connectivity index (χ2n) is 3.28. The summed E-state index contributed by atoms with van der Waals surface area (Å²) in [6.07, 6.45) is 0.423. The van der Waals surface area contributed by atoms with Crippen molar-refractivity contribution >= 4 is 5.78 Å². The van der Waals surface area contributed by atoms with Crippen molar-refractivity contribution in [2.24, 2.45) is 5.92 Å². The van der Waals surface area contributed by atoms with Crippen LogP contribution in [-0.4, -0.2) is 17.5 Å². The smallest absolute Gasteiger partial charge is 0.171 e. The Balaban J connectivity index is 3.00. The van der Waals surface area contributed by atoms with E-state index in [0.29, 0.717) is 12.5 Å². The molecular weight excluding hydrogens is 202 g/mol. The molecule has 1 aromatic carbocycles. The highest BCUT2D eigenvalue weighted by Crippen LogP contribution is 2.16. The number of aliphatic hydroxyl groups is 1. The fourth-order valence-corrected chi connectivity index (χ4v) is 1.31. The summed E-state index contributed by atoms with van der Waals surface area (Å²) in [5, 5.41) is 8.89. The lowest BCUT2D eigenvalue weighted by atomic mass is 9.96. The van der Waals surface area contributed by atoms with E-state index in [1.165, 1.54) is 0 Å². The van der Waals surface area contributed by atoms with E-state index in [1.807, 2.05) is 0 Å². The first-order chi connectivity index (χ1) is 7.10. The largest absolute Gasteiger partial charge is 0.396 e. The van der Waals surface area contributed by atoms with Gasteiger partial charge in [-0.3, -0.25) is 4.79 Å². The molecule has 0 aliphatic carbocycles. The molecule has 15 heavy (non-hydrogen) atoms. The Morgan fingerprint density at radius 1 is 1.47 bits per heavy atom. The van der Waals surface area contributed by atoms with Crippen LogP contribution in [-0.2, 0) is 0 Å². The SMILES string of the molecule is CCC(CO)C(=O)c1ccc(F)cc1F. The maximum atomic E-state index is 13.2. The van der Waals surface area contributed by atoms with Crippen molar-refractivity contribution < 1.29 is 18.7 Å². The van der Waals surface area contributed by atoms with Crippen LogP contribution in [0.5, 0.6) is 0 Å². The summed E-state index contributed by atoms with van der Waals surface area (Å²) in [5.41, 5.74) is -0.169. The van der Waals surface area contributed by atoms with E-state index in [2.05, 4.69) is 0 Å². The Morgan fingerprint density at radius 3 is 2.60 bits per heavy atom. The highest BCUT2D eigenvalue weighted by atomic mass is 19.1. The van der Waals surface area contributed by atoms with Crippen LogP contribution in [0.15, 0.2) is 18.2 Å². The lowest BCUT2D eigenvalue weighted by Gasteiger charge is -2.10. The fraction of sp³-hybridized carbons (Fsp3) is 0.364. The van der Waals surface area contributed by atoms with Gasteiger partial charge in [-0.1, -0.05) is 6.92 Å². The van der Waals surface area contributed by atoms with Crippen LogP contribution in [0.4, 0.5) is 8.78 Å². The topological polar surface area (TPSA) is 37.3 Å². The van der Waals surface area contributed by atoms with Crippen LogP contribution < -0.4 is 0 Å². The zero-order chi connectivity index (χ0) is 11.4. The van der Waals surface area contributed by atoms with Gasteiger partial charge in [0.15, 0.2) is 5.78 Å². The molecule has 0 fully saturated rings. The summed E-state index contributed by atoms with van der Waals surface area (Å²) in [5.74, 6) is -2.71. The molecule has 0 heterocycles. The molecule has 0 saturated heterocycles. The Labute approximate surface area is 86.5 Å². The Bertz CT molecular complexity index is 360. The van der Waals surface area contributed by atoms with Crippen molar-refractivity contribution in [3.63, 3.8) is 0 Å². The molecule has 1 N–H and O–H groups in total. The van der Waals surface area contributed by atoms with E-state index in [9.17, 15) is 13.6 Å². The first kappa shape index (κ1) is 11.8. The van der Waals surface area contributed by atoms with Crippen LogP contribution in [0, 0.1) is 17.6 Å². The van der Waals surface area contributed by atoms with Gasteiger partial charge in [0.25, 0.3) is 0 Å². The van der Waals surface area contributed by atoms with Gasteiger partial charge in [0, 0.05) is 12.0 Å². The third kappa shape index (κ3) is 2.59. The summed E-state index contributed by atoms with van der Waals surface area (Å²) in [4.78, 5) is 11.6. The number of ketones is 1. The number of benzene rings is 1. The van der Waals surface area contributed by atoms with E-state index in [4.69, 9.17) is 5.11 Å². The summed E-state index contributed by atoms with van der Waals surface area (Å²) in [7, 11) is 0. The minimum Gasteiger partial charge on any atom is -0.396 e. The molecule has 1 atom stereocenters. The van der Waals surface area contributed by atoms with Crippen molar-refractivity contribution in [1.82, 2.24) is 0 Å². The molecule has 1 unspecified atom stereocenters. The van der Waals surface area contributed by atoms with Gasteiger partial charge in [-0.15, -0.1) is 0 Å². The number of hydrogen-bond donors (Lipinski definition) is 1. The molecular formula is C11H12F2O2. The van der Waals surface area contributed by atoms with Crippen molar-refractivity contribution in [1.29, 1.82) is 0 Å². The number of halogens is 2. The highest BCUT2D eigenvalue weighted by Gasteiger charge is 2.20. The normalized spacial score (nSPS) is 12.5. The molecule has 1 rings (SSSR count). The third-order valence-corrected chi connectivity index (χ3v) is 2.28. The average Bonchev–Trinajstić information content (AvgIpc) is 2.19. The van der Waals surface area contributed by atoms with E-state index < -0.39 is 23.3 Å². The van der Waals surface area contributed by atoms with Crippen molar-refractivity contribution in [2.75, 3.05) is 6.61 Å². The molecule has 1 aromatic rings. The van der Waals surface area contributed by atoms with Gasteiger partial charge in [0.05, 0.1) is 12.2 Å². The first-order valence-electron chi connectivity index (χ1n) is 4.70. The minimum absolute atomic E-state index is 0.169. The predicted octanol–water partition coefficient (Wildman–Crippen LogP) is 2.17. The van der Waals surface area contributed by atoms with Gasteiger partial charge in [0.2, 0.25) is 0 Å². The zero-order valence-electron chi connectivity index (χ0n) is 8.34. The molecule has 2 nitrogen and oxygen atoms in total. The van der Waals surface area contributed by atoms with E-state index in [-0.39, 0.29) is 12.2 Å². The quantitative estimate of drug-likeness (QED) is 0.780. The van der Waals surface area contributed by atoms with Crippen LogP contribution in [0.1, 0.15) is 23.7 Å². The molecule has 0 aliphatic heterocycles. The average molecular weight is 214 g/mol. The molecule has 0 aliphatic rings. The number of aliphatic hydroxyl groups excluding tert-OH is 1. The lowest BCUT2D eigenvalue weighted by molar-refractivity contribution is 0.0852. The van der Waals surface area contributed by atoms with E-state index >= 15 is 0 Å². The molecule has 0 saturated carbocycles. The van der Waals surface area contributed by atoms with Crippen molar-refractivity contribution in [3.05, 3.63) is 35.4 Å². The Morgan fingerprint density at radius 2 is 2.13 bits per heavy atom. The van der Waals surface area contributed by atoms with Crippen LogP contribution in [0.25, 0.3) is 0 Å². The molecule has 0 radical (unpaired) electrons. The predicted molar refractivity (Wildman–Crippen MR) is 51.6 cm³/mol. The maximum absolute atomic E-state index is 13.2. The van der Waals surface area contributed by atoms with Crippen LogP contribution in [0.2, 0.25) is 0 Å². The fourth-order valence-electron chi connectivity index (χ4n) is 1.31. The first-order valence-corrected chi connectivity index (χ1v) is 4.70. The monoisotopic (exact) mass is 214 g/mol. The van der Waals surface area contributed by atoms with E-state index in [1.54, 1.807) is 6.92 Å². The number of Topliss-reactive ketones (excluding diaryl/α,β-unsaturated/α-hetero) is 1. The number of rotatable bonds is 4.